The molecule has 6 nitrogen and oxygen atoms in total. The number of anilines is 1. The molecule has 2 aromatic rings. The van der Waals surface area contributed by atoms with Crippen LogP contribution in [0, 0.1) is 0 Å². The molecule has 146 valence electrons. The molecule has 0 atom stereocenters. The highest BCUT2D eigenvalue weighted by atomic mass is 16.2. The summed E-state index contributed by atoms with van der Waals surface area (Å²) in [7, 11) is 3.42. The van der Waals surface area contributed by atoms with Crippen LogP contribution < -0.4 is 10.2 Å². The summed E-state index contributed by atoms with van der Waals surface area (Å²) in [5.74, 6) is -0.000407. The van der Waals surface area contributed by atoms with Crippen molar-refractivity contribution in [2.75, 3.05) is 25.5 Å². The van der Waals surface area contributed by atoms with E-state index in [-0.39, 0.29) is 24.1 Å². The summed E-state index contributed by atoms with van der Waals surface area (Å²) in [6, 6.07) is 14.8. The van der Waals surface area contributed by atoms with Crippen molar-refractivity contribution in [1.29, 1.82) is 0 Å². The normalized spacial score (nSPS) is 13.5. The van der Waals surface area contributed by atoms with E-state index in [1.165, 1.54) is 4.90 Å². The van der Waals surface area contributed by atoms with Crippen LogP contribution in [0.3, 0.4) is 0 Å². The maximum Gasteiger partial charge on any atom is 0.253 e. The number of carbonyl (C=O) groups is 3. The molecule has 3 rings (SSSR count). The van der Waals surface area contributed by atoms with Gasteiger partial charge in [-0.3, -0.25) is 14.4 Å². The molecule has 0 saturated carbocycles. The molecular weight excluding hydrogens is 354 g/mol. The van der Waals surface area contributed by atoms with Gasteiger partial charge in [0.2, 0.25) is 11.8 Å². The Morgan fingerprint density at radius 1 is 1.07 bits per heavy atom. The van der Waals surface area contributed by atoms with Crippen LogP contribution in [0.4, 0.5) is 5.69 Å². The van der Waals surface area contributed by atoms with Gasteiger partial charge in [0, 0.05) is 44.9 Å². The Morgan fingerprint density at radius 3 is 2.46 bits per heavy atom. The summed E-state index contributed by atoms with van der Waals surface area (Å²) in [6.07, 6.45) is 1.76. The van der Waals surface area contributed by atoms with E-state index in [9.17, 15) is 14.4 Å². The largest absolute Gasteiger partial charge is 0.352 e. The van der Waals surface area contributed by atoms with Gasteiger partial charge in [-0.05, 0) is 41.8 Å². The lowest BCUT2D eigenvalue weighted by molar-refractivity contribution is -0.120. The number of nitrogens with zero attached hydrogens (tertiary/aromatic N) is 2. The molecule has 3 amide bonds. The van der Waals surface area contributed by atoms with E-state index in [1.54, 1.807) is 31.1 Å². The standard InChI is InChI=1S/C22H25N3O3/c1-24(2)22(28)18-6-3-5-17(13-18)15-23-20(26)14-16-8-10-19(11-9-16)25-12-4-7-21(25)27/h3,5-6,8-11,13H,4,7,12,14-15H2,1-2H3,(H,23,26). The third kappa shape index (κ3) is 4.76. The first-order valence-corrected chi connectivity index (χ1v) is 9.40. The predicted molar refractivity (Wildman–Crippen MR) is 108 cm³/mol. The molecule has 0 spiro atoms. The molecule has 2 aromatic carbocycles. The van der Waals surface area contributed by atoms with E-state index in [4.69, 9.17) is 0 Å². The summed E-state index contributed by atoms with van der Waals surface area (Å²) < 4.78 is 0. The highest BCUT2D eigenvalue weighted by molar-refractivity contribution is 5.95. The first-order chi connectivity index (χ1) is 13.4. The molecule has 1 N–H and O–H groups in total. The Balaban J connectivity index is 1.54. The topological polar surface area (TPSA) is 69.7 Å². The second-order valence-corrected chi connectivity index (χ2v) is 7.17. The average molecular weight is 379 g/mol. The lowest BCUT2D eigenvalue weighted by Gasteiger charge is -2.16. The summed E-state index contributed by atoms with van der Waals surface area (Å²) in [5.41, 5.74) is 3.26. The monoisotopic (exact) mass is 379 g/mol. The SMILES string of the molecule is CN(C)C(=O)c1cccc(CNC(=O)Cc2ccc(N3CCCC3=O)cc2)c1. The van der Waals surface area contributed by atoms with E-state index in [1.807, 2.05) is 36.4 Å². The van der Waals surface area contributed by atoms with Crippen molar-refractivity contribution in [3.63, 3.8) is 0 Å². The van der Waals surface area contributed by atoms with Crippen molar-refractivity contribution in [3.8, 4) is 0 Å². The molecule has 1 heterocycles. The number of amides is 3. The lowest BCUT2D eigenvalue weighted by Crippen LogP contribution is -2.25. The molecule has 1 aliphatic heterocycles. The fourth-order valence-electron chi connectivity index (χ4n) is 3.24. The molecule has 0 aromatic heterocycles. The van der Waals surface area contributed by atoms with Crippen molar-refractivity contribution in [3.05, 3.63) is 65.2 Å². The molecule has 0 aliphatic carbocycles. The lowest BCUT2D eigenvalue weighted by atomic mass is 10.1. The van der Waals surface area contributed by atoms with E-state index in [2.05, 4.69) is 5.32 Å². The Morgan fingerprint density at radius 2 is 1.82 bits per heavy atom. The molecule has 1 aliphatic rings. The summed E-state index contributed by atoms with van der Waals surface area (Å²) in [4.78, 5) is 39.4. The Kier molecular flexibility index (Phi) is 6.09. The number of nitrogens with one attached hydrogen (secondary N) is 1. The molecule has 0 radical (unpaired) electrons. The zero-order valence-corrected chi connectivity index (χ0v) is 16.3. The van der Waals surface area contributed by atoms with Crippen LogP contribution >= 0.6 is 0 Å². The third-order valence-corrected chi connectivity index (χ3v) is 4.76. The first-order valence-electron chi connectivity index (χ1n) is 9.40. The molecule has 6 heteroatoms. The van der Waals surface area contributed by atoms with Crippen molar-refractivity contribution in [2.45, 2.75) is 25.8 Å². The van der Waals surface area contributed by atoms with Gasteiger partial charge in [-0.25, -0.2) is 0 Å². The quantitative estimate of drug-likeness (QED) is 0.838. The van der Waals surface area contributed by atoms with Crippen LogP contribution in [0.25, 0.3) is 0 Å². The summed E-state index contributed by atoms with van der Waals surface area (Å²) in [5, 5.41) is 2.89. The molecule has 1 saturated heterocycles. The Bertz CT molecular complexity index is 875. The second kappa shape index (κ2) is 8.69. The van der Waals surface area contributed by atoms with Crippen LogP contribution in [-0.4, -0.2) is 43.3 Å². The molecule has 28 heavy (non-hydrogen) atoms. The Labute approximate surface area is 165 Å². The van der Waals surface area contributed by atoms with Gasteiger partial charge in [0.1, 0.15) is 0 Å². The summed E-state index contributed by atoms with van der Waals surface area (Å²) >= 11 is 0. The van der Waals surface area contributed by atoms with Crippen molar-refractivity contribution in [2.24, 2.45) is 0 Å². The fraction of sp³-hybridized carbons (Fsp3) is 0.318. The molecule has 0 bridgehead atoms. The van der Waals surface area contributed by atoms with Gasteiger partial charge in [-0.15, -0.1) is 0 Å². The van der Waals surface area contributed by atoms with Gasteiger partial charge in [0.05, 0.1) is 6.42 Å². The van der Waals surface area contributed by atoms with Gasteiger partial charge in [-0.2, -0.15) is 0 Å². The minimum Gasteiger partial charge on any atom is -0.352 e. The number of hydrogen-bond donors (Lipinski definition) is 1. The highest BCUT2D eigenvalue weighted by Gasteiger charge is 2.21. The van der Waals surface area contributed by atoms with Crippen LogP contribution in [0.5, 0.6) is 0 Å². The van der Waals surface area contributed by atoms with Gasteiger partial charge < -0.3 is 15.1 Å². The van der Waals surface area contributed by atoms with Crippen LogP contribution in [0.1, 0.15) is 34.3 Å². The van der Waals surface area contributed by atoms with Crippen molar-refractivity contribution >= 4 is 23.4 Å². The number of hydrogen-bond acceptors (Lipinski definition) is 3. The van der Waals surface area contributed by atoms with E-state index in [0.717, 1.165) is 29.8 Å². The smallest absolute Gasteiger partial charge is 0.253 e. The van der Waals surface area contributed by atoms with Crippen molar-refractivity contribution in [1.82, 2.24) is 10.2 Å². The van der Waals surface area contributed by atoms with Gasteiger partial charge >= 0.3 is 0 Å². The van der Waals surface area contributed by atoms with E-state index < -0.39 is 0 Å². The average Bonchev–Trinajstić information content (AvgIpc) is 3.12. The van der Waals surface area contributed by atoms with Crippen LogP contribution in [0.15, 0.2) is 48.5 Å². The minimum atomic E-state index is -0.0886. The second-order valence-electron chi connectivity index (χ2n) is 7.17. The molecule has 0 unspecified atom stereocenters. The van der Waals surface area contributed by atoms with Crippen molar-refractivity contribution < 1.29 is 14.4 Å². The number of benzene rings is 2. The maximum absolute atomic E-state index is 12.3. The molecular formula is C22H25N3O3. The van der Waals surface area contributed by atoms with Gasteiger partial charge in [0.15, 0.2) is 0 Å². The third-order valence-electron chi connectivity index (χ3n) is 4.76. The van der Waals surface area contributed by atoms with Gasteiger partial charge in [-0.1, -0.05) is 24.3 Å². The van der Waals surface area contributed by atoms with Gasteiger partial charge in [0.25, 0.3) is 5.91 Å². The summed E-state index contributed by atoms with van der Waals surface area (Å²) in [6.45, 7) is 1.13. The fourth-order valence-corrected chi connectivity index (χ4v) is 3.24. The zero-order chi connectivity index (χ0) is 20.1. The van der Waals surface area contributed by atoms with Crippen LogP contribution in [-0.2, 0) is 22.6 Å². The Hall–Kier alpha value is -3.15. The molecule has 1 fully saturated rings. The maximum atomic E-state index is 12.3. The minimum absolute atomic E-state index is 0.0650. The van der Waals surface area contributed by atoms with E-state index >= 15 is 0 Å². The highest BCUT2D eigenvalue weighted by Crippen LogP contribution is 2.21. The number of rotatable bonds is 6. The zero-order valence-electron chi connectivity index (χ0n) is 16.3. The number of carbonyl (C=O) groups excluding carboxylic acids is 3. The predicted octanol–water partition coefficient (Wildman–Crippen LogP) is 2.37. The van der Waals surface area contributed by atoms with E-state index in [0.29, 0.717) is 18.5 Å². The first kappa shape index (κ1) is 19.6. The van der Waals surface area contributed by atoms with Crippen LogP contribution in [0.2, 0.25) is 0 Å².